The minimum atomic E-state index is 0.620. The fourth-order valence-electron chi connectivity index (χ4n) is 2.48. The molecule has 0 bridgehead atoms. The minimum absolute atomic E-state index is 0.620. The summed E-state index contributed by atoms with van der Waals surface area (Å²) in [5, 5.41) is 12.5. The molecule has 0 spiro atoms. The van der Waals surface area contributed by atoms with Gasteiger partial charge in [0.25, 0.3) is 0 Å². The molecule has 0 unspecified atom stereocenters. The number of thioether (sulfide) groups is 1. The number of hydrogen-bond acceptors (Lipinski definition) is 7. The van der Waals surface area contributed by atoms with Gasteiger partial charge in [-0.1, -0.05) is 41.3 Å². The van der Waals surface area contributed by atoms with Crippen molar-refractivity contribution in [1.29, 1.82) is 0 Å². The van der Waals surface area contributed by atoms with Crippen LogP contribution in [0.25, 0.3) is 5.65 Å². The molecule has 6 nitrogen and oxygen atoms in total. The molecule has 0 saturated heterocycles. The Morgan fingerprint density at radius 2 is 2.04 bits per heavy atom. The van der Waals surface area contributed by atoms with Gasteiger partial charge in [-0.15, -0.1) is 10.2 Å². The number of fused-ring (bicyclic) bond motifs is 1. The van der Waals surface area contributed by atoms with Gasteiger partial charge in [-0.25, -0.2) is 4.98 Å². The Morgan fingerprint density at radius 3 is 2.92 bits per heavy atom. The number of anilines is 2. The van der Waals surface area contributed by atoms with Crippen molar-refractivity contribution in [3.05, 3.63) is 60.6 Å². The third-order valence-electron chi connectivity index (χ3n) is 3.59. The molecule has 4 aromatic rings. The van der Waals surface area contributed by atoms with Gasteiger partial charge in [-0.3, -0.25) is 0 Å². The average molecular weight is 384 g/mol. The standard InChI is InChI=1S/C18H17N5OS2/c1-2-24-15-8-4-3-7-14(15)20-17-21-22-18(26-17)25-12-13-11-23-10-6-5-9-16(23)19-13/h3-11H,2,12H2,1H3,(H,20,21). The first kappa shape index (κ1) is 16.9. The van der Waals surface area contributed by atoms with Crippen LogP contribution in [-0.4, -0.2) is 26.2 Å². The van der Waals surface area contributed by atoms with Crippen LogP contribution in [0.3, 0.4) is 0 Å². The molecule has 1 N–H and O–H groups in total. The second-order valence-electron chi connectivity index (χ2n) is 5.41. The number of nitrogens with one attached hydrogen (secondary N) is 1. The molecule has 0 aliphatic heterocycles. The number of nitrogens with zero attached hydrogens (tertiary/aromatic N) is 4. The third-order valence-corrected chi connectivity index (χ3v) is 5.60. The lowest BCUT2D eigenvalue weighted by Crippen LogP contribution is -1.97. The van der Waals surface area contributed by atoms with Crippen molar-refractivity contribution in [3.8, 4) is 5.75 Å². The first-order chi connectivity index (χ1) is 12.8. The van der Waals surface area contributed by atoms with Crippen LogP contribution in [0.15, 0.2) is 59.2 Å². The van der Waals surface area contributed by atoms with E-state index in [0.717, 1.165) is 38.0 Å². The molecule has 0 fully saturated rings. The van der Waals surface area contributed by atoms with E-state index in [2.05, 4.69) is 20.5 Å². The van der Waals surface area contributed by atoms with E-state index in [-0.39, 0.29) is 0 Å². The Morgan fingerprint density at radius 1 is 1.15 bits per heavy atom. The van der Waals surface area contributed by atoms with Crippen molar-refractivity contribution in [1.82, 2.24) is 19.6 Å². The molecular weight excluding hydrogens is 366 g/mol. The highest BCUT2D eigenvalue weighted by Crippen LogP contribution is 2.32. The van der Waals surface area contributed by atoms with Gasteiger partial charge in [-0.05, 0) is 31.2 Å². The van der Waals surface area contributed by atoms with Crippen LogP contribution < -0.4 is 10.1 Å². The Hall–Kier alpha value is -2.58. The highest BCUT2D eigenvalue weighted by molar-refractivity contribution is 8.00. The monoisotopic (exact) mass is 383 g/mol. The van der Waals surface area contributed by atoms with E-state index in [1.165, 1.54) is 11.3 Å². The van der Waals surface area contributed by atoms with Crippen molar-refractivity contribution in [2.45, 2.75) is 17.0 Å². The molecule has 4 rings (SSSR count). The van der Waals surface area contributed by atoms with E-state index in [4.69, 9.17) is 4.74 Å². The van der Waals surface area contributed by atoms with E-state index < -0.39 is 0 Å². The lowest BCUT2D eigenvalue weighted by atomic mass is 10.3. The number of pyridine rings is 1. The molecule has 0 aliphatic carbocycles. The average Bonchev–Trinajstić information content (AvgIpc) is 3.28. The van der Waals surface area contributed by atoms with Gasteiger partial charge in [0.05, 0.1) is 18.0 Å². The molecule has 3 heterocycles. The molecule has 26 heavy (non-hydrogen) atoms. The molecule has 132 valence electrons. The number of ether oxygens (including phenoxy) is 1. The van der Waals surface area contributed by atoms with Crippen molar-refractivity contribution < 1.29 is 4.74 Å². The van der Waals surface area contributed by atoms with Gasteiger partial charge < -0.3 is 14.5 Å². The fraction of sp³-hybridized carbons (Fsp3) is 0.167. The summed E-state index contributed by atoms with van der Waals surface area (Å²) in [6.07, 6.45) is 4.04. The second kappa shape index (κ2) is 7.76. The summed E-state index contributed by atoms with van der Waals surface area (Å²) in [6.45, 7) is 2.59. The molecule has 3 aromatic heterocycles. The number of para-hydroxylation sites is 2. The zero-order valence-electron chi connectivity index (χ0n) is 14.1. The van der Waals surface area contributed by atoms with Gasteiger partial charge in [-0.2, -0.15) is 0 Å². The summed E-state index contributed by atoms with van der Waals surface area (Å²) in [4.78, 5) is 4.60. The van der Waals surface area contributed by atoms with Gasteiger partial charge in [0.1, 0.15) is 11.4 Å². The summed E-state index contributed by atoms with van der Waals surface area (Å²) >= 11 is 3.15. The second-order valence-corrected chi connectivity index (χ2v) is 7.61. The molecule has 8 heteroatoms. The van der Waals surface area contributed by atoms with Gasteiger partial charge in [0.2, 0.25) is 5.13 Å². The Balaban J connectivity index is 1.41. The summed E-state index contributed by atoms with van der Waals surface area (Å²) in [5.74, 6) is 1.57. The van der Waals surface area contributed by atoms with Crippen molar-refractivity contribution >= 4 is 39.6 Å². The molecule has 0 saturated carbocycles. The highest BCUT2D eigenvalue weighted by atomic mass is 32.2. The van der Waals surface area contributed by atoms with Crippen molar-refractivity contribution in [2.75, 3.05) is 11.9 Å². The van der Waals surface area contributed by atoms with Crippen LogP contribution in [0.1, 0.15) is 12.6 Å². The SMILES string of the molecule is CCOc1ccccc1Nc1nnc(SCc2cn3ccccc3n2)s1. The quantitative estimate of drug-likeness (QED) is 0.470. The zero-order valence-corrected chi connectivity index (χ0v) is 15.8. The van der Waals surface area contributed by atoms with Crippen LogP contribution in [-0.2, 0) is 5.75 Å². The maximum atomic E-state index is 5.63. The van der Waals surface area contributed by atoms with Crippen LogP contribution in [0.2, 0.25) is 0 Å². The molecule has 0 atom stereocenters. The van der Waals surface area contributed by atoms with E-state index in [0.29, 0.717) is 6.61 Å². The maximum Gasteiger partial charge on any atom is 0.210 e. The third kappa shape index (κ3) is 3.81. The zero-order chi connectivity index (χ0) is 17.8. The van der Waals surface area contributed by atoms with Crippen LogP contribution >= 0.6 is 23.1 Å². The van der Waals surface area contributed by atoms with Gasteiger partial charge in [0.15, 0.2) is 4.34 Å². The number of imidazole rings is 1. The Labute approximate surface area is 159 Å². The first-order valence-corrected chi connectivity index (χ1v) is 10.00. The van der Waals surface area contributed by atoms with E-state index in [1.807, 2.05) is 66.2 Å². The summed E-state index contributed by atoms with van der Waals surface area (Å²) < 4.78 is 8.55. The summed E-state index contributed by atoms with van der Waals surface area (Å²) in [5.41, 5.74) is 2.87. The predicted molar refractivity (Wildman–Crippen MR) is 106 cm³/mol. The lowest BCUT2D eigenvalue weighted by Gasteiger charge is -2.09. The smallest absolute Gasteiger partial charge is 0.210 e. The predicted octanol–water partition coefficient (Wildman–Crippen LogP) is 4.62. The molecular formula is C18H17N5OS2. The number of hydrogen-bond donors (Lipinski definition) is 1. The van der Waals surface area contributed by atoms with Crippen molar-refractivity contribution in [3.63, 3.8) is 0 Å². The fourth-order valence-corrected chi connectivity index (χ4v) is 4.13. The van der Waals surface area contributed by atoms with Gasteiger partial charge in [0, 0.05) is 18.1 Å². The largest absolute Gasteiger partial charge is 0.492 e. The highest BCUT2D eigenvalue weighted by Gasteiger charge is 2.09. The Kier molecular flexibility index (Phi) is 5.03. The minimum Gasteiger partial charge on any atom is -0.492 e. The number of rotatable bonds is 7. The van der Waals surface area contributed by atoms with E-state index in [9.17, 15) is 0 Å². The number of benzene rings is 1. The topological polar surface area (TPSA) is 64.3 Å². The normalized spacial score (nSPS) is 11.0. The van der Waals surface area contributed by atoms with Gasteiger partial charge >= 0.3 is 0 Å². The Bertz CT molecular complexity index is 980. The van der Waals surface area contributed by atoms with Crippen LogP contribution in [0.5, 0.6) is 5.75 Å². The summed E-state index contributed by atoms with van der Waals surface area (Å²) in [6, 6.07) is 13.8. The van der Waals surface area contributed by atoms with Crippen LogP contribution in [0.4, 0.5) is 10.8 Å². The molecule has 0 radical (unpaired) electrons. The first-order valence-electron chi connectivity index (χ1n) is 8.19. The maximum absolute atomic E-state index is 5.63. The molecule has 1 aromatic carbocycles. The summed E-state index contributed by atoms with van der Waals surface area (Å²) in [7, 11) is 0. The lowest BCUT2D eigenvalue weighted by molar-refractivity contribution is 0.342. The molecule has 0 aliphatic rings. The van der Waals surface area contributed by atoms with E-state index in [1.54, 1.807) is 11.8 Å². The van der Waals surface area contributed by atoms with Crippen LogP contribution in [0, 0.1) is 0 Å². The van der Waals surface area contributed by atoms with E-state index >= 15 is 0 Å². The molecule has 0 amide bonds. The van der Waals surface area contributed by atoms with Crippen molar-refractivity contribution in [2.24, 2.45) is 0 Å². The number of aromatic nitrogens is 4.